The molecule has 0 amide bonds. The fourth-order valence-electron chi connectivity index (χ4n) is 2.97. The van der Waals surface area contributed by atoms with Gasteiger partial charge < -0.3 is 0 Å². The van der Waals surface area contributed by atoms with Crippen LogP contribution in [0.4, 0.5) is 0 Å². The van der Waals surface area contributed by atoms with Crippen molar-refractivity contribution in [2.45, 2.75) is 0 Å². The van der Waals surface area contributed by atoms with Crippen LogP contribution in [0.1, 0.15) is 0 Å². The maximum atomic E-state index is 5.31. The molecule has 0 aliphatic rings. The van der Waals surface area contributed by atoms with Gasteiger partial charge in [0.1, 0.15) is 0 Å². The second kappa shape index (κ2) is 8.38. The fraction of sp³-hybridized carbons (Fsp3) is 0.143. The maximum absolute atomic E-state index is 5.31. The van der Waals surface area contributed by atoms with Crippen molar-refractivity contribution in [3.8, 4) is 17.2 Å². The predicted octanol–water partition coefficient (Wildman–Crippen LogP) is 1.96. The van der Waals surface area contributed by atoms with Crippen LogP contribution in [-0.2, 0) is 0 Å². The second-order valence-corrected chi connectivity index (χ2v) is 16.9. The molecule has 0 aliphatic carbocycles. The number of hydrogen-bond donors (Lipinski definition) is 0. The van der Waals surface area contributed by atoms with Crippen molar-refractivity contribution < 1.29 is 14.2 Å². The van der Waals surface area contributed by atoms with E-state index in [4.69, 9.17) is 14.2 Å². The first-order chi connectivity index (χ1) is 12.2. The molecule has 0 saturated heterocycles. The van der Waals surface area contributed by atoms with Gasteiger partial charge in [-0.2, -0.15) is 0 Å². The van der Waals surface area contributed by atoms with Crippen LogP contribution in [-0.4, -0.2) is 44.0 Å². The number of benzene rings is 3. The Morgan fingerprint density at radius 1 is 0.440 bits per heavy atom. The van der Waals surface area contributed by atoms with E-state index in [1.807, 2.05) is 0 Å². The van der Waals surface area contributed by atoms with E-state index in [0.717, 1.165) is 17.2 Å². The van der Waals surface area contributed by atoms with Crippen LogP contribution >= 0.6 is 0 Å². The Balaban J connectivity index is 2.04. The average molecular weight is 530 g/mol. The average Bonchev–Trinajstić information content (AvgIpc) is 2.70. The van der Waals surface area contributed by atoms with E-state index in [0.29, 0.717) is 0 Å². The van der Waals surface area contributed by atoms with Gasteiger partial charge in [-0.05, 0) is 0 Å². The van der Waals surface area contributed by atoms with Gasteiger partial charge in [0, 0.05) is 0 Å². The van der Waals surface area contributed by atoms with Crippen molar-refractivity contribution in [1.29, 1.82) is 0 Å². The monoisotopic (exact) mass is 530 g/mol. The summed E-state index contributed by atoms with van der Waals surface area (Å²) in [7, 11) is 5.09. The summed E-state index contributed by atoms with van der Waals surface area (Å²) in [5.41, 5.74) is 0. The summed E-state index contributed by atoms with van der Waals surface area (Å²) < 4.78 is 20.2. The summed E-state index contributed by atoms with van der Waals surface area (Å²) in [4.78, 5) is 0. The van der Waals surface area contributed by atoms with E-state index in [1.165, 1.54) is 9.37 Å². The van der Waals surface area contributed by atoms with Gasteiger partial charge in [0.2, 0.25) is 0 Å². The van der Waals surface area contributed by atoms with Crippen LogP contribution in [0, 0.1) is 0 Å². The van der Waals surface area contributed by atoms with E-state index < -0.39 is 22.7 Å². The fourth-order valence-corrected chi connectivity index (χ4v) is 14.2. The zero-order chi connectivity index (χ0) is 17.6. The van der Waals surface area contributed by atoms with Gasteiger partial charge in [0.15, 0.2) is 0 Å². The van der Waals surface area contributed by atoms with Gasteiger partial charge in [-0.3, -0.25) is 0 Å². The molecular weight excluding hydrogens is 507 g/mol. The Hall–Kier alpha value is -2.02. The van der Waals surface area contributed by atoms with Gasteiger partial charge in [0.25, 0.3) is 0 Å². The van der Waals surface area contributed by atoms with Gasteiger partial charge in [-0.25, -0.2) is 0 Å². The third-order valence-corrected chi connectivity index (χ3v) is 16.6. The first kappa shape index (κ1) is 17.8. The Morgan fingerprint density at radius 3 is 0.880 bits per heavy atom. The molecule has 25 heavy (non-hydrogen) atoms. The van der Waals surface area contributed by atoms with Gasteiger partial charge in [-0.15, -0.1) is 0 Å². The van der Waals surface area contributed by atoms with E-state index in [-0.39, 0.29) is 0 Å². The van der Waals surface area contributed by atoms with Crippen LogP contribution in [0.25, 0.3) is 0 Å². The summed E-state index contributed by atoms with van der Waals surface area (Å²) in [6.07, 6.45) is 0. The molecule has 0 unspecified atom stereocenters. The van der Waals surface area contributed by atoms with E-state index in [1.54, 1.807) is 21.3 Å². The van der Waals surface area contributed by atoms with Crippen molar-refractivity contribution in [2.24, 2.45) is 0 Å². The summed E-state index contributed by atoms with van der Waals surface area (Å²) in [6.45, 7) is 0. The summed E-state index contributed by atoms with van der Waals surface area (Å²) in [6, 6.07) is 25.6. The van der Waals surface area contributed by atoms with Crippen LogP contribution in [0.3, 0.4) is 0 Å². The number of ether oxygens (including phenoxy) is 3. The molecule has 0 atom stereocenters. The number of rotatable bonds is 6. The molecule has 0 heterocycles. The van der Waals surface area contributed by atoms with Crippen molar-refractivity contribution in [1.82, 2.24) is 0 Å². The molecule has 0 bridgehead atoms. The standard InChI is InChI=1S/3C7H7O.Pb.H/c3*1-8-7-5-3-2-4-6-7;;/h3*3-6H,1H3;;. The predicted molar refractivity (Wildman–Crippen MR) is 105 cm³/mol. The van der Waals surface area contributed by atoms with Gasteiger partial charge >= 0.3 is 158 Å². The third-order valence-electron chi connectivity index (χ3n) is 4.35. The molecule has 0 fully saturated rings. The molecule has 3 nitrogen and oxygen atoms in total. The molecule has 3 aromatic rings. The second-order valence-electron chi connectivity index (χ2n) is 5.75. The molecule has 0 aliphatic heterocycles. The van der Waals surface area contributed by atoms with Crippen molar-refractivity contribution in [3.63, 3.8) is 0 Å². The van der Waals surface area contributed by atoms with E-state index in [9.17, 15) is 0 Å². The Labute approximate surface area is 157 Å². The number of methoxy groups -OCH3 is 3. The van der Waals surface area contributed by atoms with E-state index >= 15 is 0 Å². The molecule has 0 radical (unpaired) electrons. The minimum atomic E-state index is -2.59. The van der Waals surface area contributed by atoms with E-state index in [2.05, 4.69) is 72.8 Å². The Bertz CT molecular complexity index is 683. The zero-order valence-corrected chi connectivity index (χ0v) is 19.2. The topological polar surface area (TPSA) is 27.7 Å². The van der Waals surface area contributed by atoms with Crippen LogP contribution in [0.2, 0.25) is 0 Å². The van der Waals surface area contributed by atoms with Crippen molar-refractivity contribution in [2.75, 3.05) is 21.3 Å². The van der Waals surface area contributed by atoms with Crippen LogP contribution in [0.5, 0.6) is 17.2 Å². The SMILES string of the molecule is COc1cc[c]([PbH]([c]2ccc(OC)cc2)[c]2ccc(OC)cc2)cc1. The number of hydrogen-bond acceptors (Lipinski definition) is 3. The van der Waals surface area contributed by atoms with Crippen LogP contribution in [0.15, 0.2) is 72.8 Å². The molecule has 3 aromatic carbocycles. The molecule has 0 aromatic heterocycles. The van der Waals surface area contributed by atoms with Crippen LogP contribution < -0.4 is 23.6 Å². The molecule has 128 valence electrons. The third kappa shape index (κ3) is 4.15. The molecule has 4 heteroatoms. The van der Waals surface area contributed by atoms with Crippen molar-refractivity contribution >= 4 is 32.1 Å². The zero-order valence-electron chi connectivity index (χ0n) is 14.7. The Morgan fingerprint density at radius 2 is 0.680 bits per heavy atom. The Kier molecular flexibility index (Phi) is 5.96. The van der Waals surface area contributed by atoms with Crippen molar-refractivity contribution in [3.05, 3.63) is 72.8 Å². The molecule has 3 rings (SSSR count). The molecular formula is C21H22O3Pb. The molecule has 0 N–H and O–H groups in total. The molecule has 0 saturated carbocycles. The van der Waals surface area contributed by atoms with Gasteiger partial charge in [-0.1, -0.05) is 0 Å². The minimum absolute atomic E-state index is 0.889. The summed E-state index contributed by atoms with van der Waals surface area (Å²) in [5, 5.41) is 0. The molecule has 0 spiro atoms. The normalized spacial score (nSPS) is 10.6. The van der Waals surface area contributed by atoms with Gasteiger partial charge in [0.05, 0.1) is 0 Å². The first-order valence-corrected chi connectivity index (χ1v) is 14.9. The first-order valence-electron chi connectivity index (χ1n) is 8.17. The summed E-state index contributed by atoms with van der Waals surface area (Å²) >= 11 is -2.59. The quantitative estimate of drug-likeness (QED) is 0.457. The summed E-state index contributed by atoms with van der Waals surface area (Å²) in [5.74, 6) is 2.67.